The number of nitrogens with two attached hydrogens (primary N) is 1. The van der Waals surface area contributed by atoms with Gasteiger partial charge in [-0.1, -0.05) is 0 Å². The van der Waals surface area contributed by atoms with Crippen molar-refractivity contribution in [1.29, 1.82) is 0 Å². The highest BCUT2D eigenvalue weighted by molar-refractivity contribution is 7.89. The summed E-state index contributed by atoms with van der Waals surface area (Å²) in [5.74, 6) is -0.728. The first kappa shape index (κ1) is 9.47. The molecule has 12 heavy (non-hydrogen) atoms. The van der Waals surface area contributed by atoms with Crippen LogP contribution in [-0.2, 0) is 19.6 Å². The SMILES string of the molecule is NS(=O)(=O)CCC1CCOC1=O. The summed E-state index contributed by atoms with van der Waals surface area (Å²) in [6, 6.07) is 0. The minimum atomic E-state index is -3.44. The summed E-state index contributed by atoms with van der Waals surface area (Å²) >= 11 is 0. The normalized spacial score (nSPS) is 24.1. The molecule has 1 aliphatic heterocycles. The van der Waals surface area contributed by atoms with Crippen LogP contribution < -0.4 is 5.14 Å². The van der Waals surface area contributed by atoms with Gasteiger partial charge in [0, 0.05) is 0 Å². The Labute approximate surface area is 70.9 Å². The third-order valence-electron chi connectivity index (χ3n) is 1.79. The van der Waals surface area contributed by atoms with Gasteiger partial charge >= 0.3 is 5.97 Å². The molecule has 1 fully saturated rings. The van der Waals surface area contributed by atoms with Crippen molar-refractivity contribution in [3.05, 3.63) is 0 Å². The van der Waals surface area contributed by atoms with Crippen LogP contribution in [0, 0.1) is 5.92 Å². The van der Waals surface area contributed by atoms with E-state index in [1.165, 1.54) is 0 Å². The second-order valence-corrected chi connectivity index (χ2v) is 4.54. The molecule has 0 spiro atoms. The molecule has 1 atom stereocenters. The molecule has 0 aromatic heterocycles. The summed E-state index contributed by atoms with van der Waals surface area (Å²) < 4.78 is 25.7. The topological polar surface area (TPSA) is 86.5 Å². The lowest BCUT2D eigenvalue weighted by atomic mass is 10.1. The first-order chi connectivity index (χ1) is 5.49. The maximum absolute atomic E-state index is 10.8. The molecule has 5 nitrogen and oxygen atoms in total. The van der Waals surface area contributed by atoms with Crippen molar-refractivity contribution in [1.82, 2.24) is 0 Å². The minimum Gasteiger partial charge on any atom is -0.465 e. The van der Waals surface area contributed by atoms with E-state index in [-0.39, 0.29) is 24.1 Å². The molecule has 0 aromatic rings. The summed E-state index contributed by atoms with van der Waals surface area (Å²) in [6.07, 6.45) is 0.881. The Morgan fingerprint density at radius 2 is 2.25 bits per heavy atom. The fourth-order valence-corrected chi connectivity index (χ4v) is 1.72. The molecule has 0 radical (unpaired) electrons. The Morgan fingerprint density at radius 1 is 1.58 bits per heavy atom. The van der Waals surface area contributed by atoms with Crippen molar-refractivity contribution in [2.24, 2.45) is 11.1 Å². The van der Waals surface area contributed by atoms with E-state index in [2.05, 4.69) is 4.74 Å². The van der Waals surface area contributed by atoms with Crippen molar-refractivity contribution in [3.63, 3.8) is 0 Å². The molecule has 1 unspecified atom stereocenters. The highest BCUT2D eigenvalue weighted by Crippen LogP contribution is 2.18. The number of hydrogen-bond donors (Lipinski definition) is 1. The molecule has 1 rings (SSSR count). The van der Waals surface area contributed by atoms with Crippen LogP contribution in [0.1, 0.15) is 12.8 Å². The molecule has 0 bridgehead atoms. The molecular formula is C6H11NO4S. The Kier molecular flexibility index (Phi) is 2.69. The zero-order chi connectivity index (χ0) is 9.19. The lowest BCUT2D eigenvalue weighted by molar-refractivity contribution is -0.141. The fraction of sp³-hybridized carbons (Fsp3) is 0.833. The Bertz CT molecular complexity index is 271. The van der Waals surface area contributed by atoms with Gasteiger partial charge in [0.2, 0.25) is 10.0 Å². The predicted molar refractivity (Wildman–Crippen MR) is 41.7 cm³/mol. The molecule has 1 aliphatic rings. The van der Waals surface area contributed by atoms with Crippen molar-refractivity contribution in [2.75, 3.05) is 12.4 Å². The maximum atomic E-state index is 10.8. The molecular weight excluding hydrogens is 182 g/mol. The van der Waals surface area contributed by atoms with E-state index in [9.17, 15) is 13.2 Å². The van der Waals surface area contributed by atoms with Gasteiger partial charge < -0.3 is 4.74 Å². The first-order valence-corrected chi connectivity index (χ1v) is 5.38. The molecule has 2 N–H and O–H groups in total. The standard InChI is InChI=1S/C6H11NO4S/c7-12(9,10)4-2-5-1-3-11-6(5)8/h5H,1-4H2,(H2,7,9,10). The third-order valence-corrected chi connectivity index (χ3v) is 2.60. The van der Waals surface area contributed by atoms with E-state index in [0.717, 1.165) is 0 Å². The summed E-state index contributed by atoms with van der Waals surface area (Å²) in [5, 5.41) is 4.78. The van der Waals surface area contributed by atoms with Crippen LogP contribution in [0.25, 0.3) is 0 Å². The Hall–Kier alpha value is -0.620. The zero-order valence-electron chi connectivity index (χ0n) is 6.52. The molecule has 1 heterocycles. The predicted octanol–water partition coefficient (Wildman–Crippen LogP) is -0.772. The van der Waals surface area contributed by atoms with E-state index in [0.29, 0.717) is 13.0 Å². The van der Waals surface area contributed by atoms with Crippen LogP contribution in [0.4, 0.5) is 0 Å². The highest BCUT2D eigenvalue weighted by atomic mass is 32.2. The fourth-order valence-electron chi connectivity index (χ4n) is 1.11. The molecule has 70 valence electrons. The number of cyclic esters (lactones) is 1. The van der Waals surface area contributed by atoms with Crippen LogP contribution in [-0.4, -0.2) is 26.7 Å². The number of carbonyl (C=O) groups excluding carboxylic acids is 1. The largest absolute Gasteiger partial charge is 0.465 e. The van der Waals surface area contributed by atoms with Gasteiger partial charge in [0.15, 0.2) is 0 Å². The van der Waals surface area contributed by atoms with Crippen LogP contribution in [0.3, 0.4) is 0 Å². The number of ether oxygens (including phenoxy) is 1. The van der Waals surface area contributed by atoms with Crippen molar-refractivity contribution in [2.45, 2.75) is 12.8 Å². The van der Waals surface area contributed by atoms with Crippen LogP contribution in [0.2, 0.25) is 0 Å². The van der Waals surface area contributed by atoms with Gasteiger partial charge in [-0.3, -0.25) is 4.79 Å². The number of rotatable bonds is 3. The van der Waals surface area contributed by atoms with Crippen LogP contribution in [0.15, 0.2) is 0 Å². The van der Waals surface area contributed by atoms with Crippen LogP contribution in [0.5, 0.6) is 0 Å². The number of primary sulfonamides is 1. The molecule has 0 aliphatic carbocycles. The summed E-state index contributed by atoms with van der Waals surface area (Å²) in [5.41, 5.74) is 0. The van der Waals surface area contributed by atoms with E-state index < -0.39 is 10.0 Å². The van der Waals surface area contributed by atoms with Crippen molar-refractivity contribution < 1.29 is 17.9 Å². The molecule has 1 saturated heterocycles. The summed E-state index contributed by atoms with van der Waals surface area (Å²) in [6.45, 7) is 0.397. The number of carbonyl (C=O) groups is 1. The second-order valence-electron chi connectivity index (χ2n) is 2.81. The highest BCUT2D eigenvalue weighted by Gasteiger charge is 2.27. The zero-order valence-corrected chi connectivity index (χ0v) is 7.34. The van der Waals surface area contributed by atoms with E-state index >= 15 is 0 Å². The van der Waals surface area contributed by atoms with Gasteiger partial charge in [-0.05, 0) is 12.8 Å². The van der Waals surface area contributed by atoms with Crippen LogP contribution >= 0.6 is 0 Å². The lowest BCUT2D eigenvalue weighted by Crippen LogP contribution is -2.20. The van der Waals surface area contributed by atoms with Crippen molar-refractivity contribution in [3.8, 4) is 0 Å². The summed E-state index contributed by atoms with van der Waals surface area (Å²) in [4.78, 5) is 10.8. The quantitative estimate of drug-likeness (QED) is 0.596. The van der Waals surface area contributed by atoms with Gasteiger partial charge in [-0.2, -0.15) is 0 Å². The van der Waals surface area contributed by atoms with Gasteiger partial charge in [-0.15, -0.1) is 0 Å². The van der Waals surface area contributed by atoms with Crippen molar-refractivity contribution >= 4 is 16.0 Å². The Morgan fingerprint density at radius 3 is 2.67 bits per heavy atom. The number of hydrogen-bond acceptors (Lipinski definition) is 4. The number of sulfonamides is 1. The van der Waals surface area contributed by atoms with Gasteiger partial charge in [0.05, 0.1) is 18.3 Å². The first-order valence-electron chi connectivity index (χ1n) is 3.66. The van der Waals surface area contributed by atoms with E-state index in [4.69, 9.17) is 5.14 Å². The van der Waals surface area contributed by atoms with Gasteiger partial charge in [0.25, 0.3) is 0 Å². The summed E-state index contributed by atoms with van der Waals surface area (Å²) in [7, 11) is -3.44. The monoisotopic (exact) mass is 193 g/mol. The average Bonchev–Trinajstić information content (AvgIpc) is 2.29. The van der Waals surface area contributed by atoms with Gasteiger partial charge in [-0.25, -0.2) is 13.6 Å². The average molecular weight is 193 g/mol. The van der Waals surface area contributed by atoms with Gasteiger partial charge in [0.1, 0.15) is 0 Å². The van der Waals surface area contributed by atoms with E-state index in [1.807, 2.05) is 0 Å². The lowest BCUT2D eigenvalue weighted by Gasteiger charge is -2.02. The smallest absolute Gasteiger partial charge is 0.309 e. The molecule has 0 saturated carbocycles. The molecule has 0 aromatic carbocycles. The minimum absolute atomic E-state index is 0.146. The Balaban J connectivity index is 2.37. The van der Waals surface area contributed by atoms with E-state index in [1.54, 1.807) is 0 Å². The second kappa shape index (κ2) is 3.40. The number of esters is 1. The molecule has 0 amide bonds. The molecule has 6 heteroatoms. The maximum Gasteiger partial charge on any atom is 0.309 e. The third kappa shape index (κ3) is 2.78.